The first-order valence-corrected chi connectivity index (χ1v) is 6.62. The van der Waals surface area contributed by atoms with Crippen molar-refractivity contribution in [2.75, 3.05) is 6.79 Å². The highest BCUT2D eigenvalue weighted by Gasteiger charge is 2.35. The van der Waals surface area contributed by atoms with Crippen molar-refractivity contribution in [1.82, 2.24) is 15.1 Å². The Morgan fingerprint density at radius 2 is 2.04 bits per heavy atom. The van der Waals surface area contributed by atoms with Gasteiger partial charge in [0.1, 0.15) is 5.69 Å². The van der Waals surface area contributed by atoms with E-state index in [4.69, 9.17) is 9.47 Å². The number of aromatic nitrogens is 2. The van der Waals surface area contributed by atoms with Crippen molar-refractivity contribution in [1.29, 1.82) is 0 Å². The third-order valence-electron chi connectivity index (χ3n) is 3.29. The monoisotopic (exact) mass is 327 g/mol. The molecule has 9 heteroatoms. The van der Waals surface area contributed by atoms with Crippen LogP contribution in [0.2, 0.25) is 0 Å². The first-order valence-electron chi connectivity index (χ1n) is 6.62. The highest BCUT2D eigenvalue weighted by atomic mass is 19.4. The largest absolute Gasteiger partial charge is 0.454 e. The molecule has 0 unspecified atom stereocenters. The van der Waals surface area contributed by atoms with E-state index in [1.54, 1.807) is 18.2 Å². The van der Waals surface area contributed by atoms with E-state index >= 15 is 0 Å². The van der Waals surface area contributed by atoms with E-state index in [0.717, 1.165) is 16.3 Å². The van der Waals surface area contributed by atoms with E-state index in [1.807, 2.05) is 0 Å². The molecule has 1 aliphatic rings. The summed E-state index contributed by atoms with van der Waals surface area (Å²) in [5.74, 6) is 0.534. The third kappa shape index (κ3) is 3.08. The summed E-state index contributed by atoms with van der Waals surface area (Å²) in [4.78, 5) is 12.0. The Labute approximate surface area is 128 Å². The fraction of sp³-hybridized carbons (Fsp3) is 0.286. The fourth-order valence-electron chi connectivity index (χ4n) is 2.14. The van der Waals surface area contributed by atoms with Gasteiger partial charge in [0.25, 0.3) is 5.91 Å². The molecule has 0 aliphatic carbocycles. The van der Waals surface area contributed by atoms with Crippen molar-refractivity contribution >= 4 is 5.91 Å². The zero-order valence-electron chi connectivity index (χ0n) is 12.0. The van der Waals surface area contributed by atoms with Gasteiger partial charge in [-0.15, -0.1) is 0 Å². The third-order valence-corrected chi connectivity index (χ3v) is 3.29. The Morgan fingerprint density at radius 1 is 1.30 bits per heavy atom. The van der Waals surface area contributed by atoms with Crippen LogP contribution in [0.25, 0.3) is 0 Å². The van der Waals surface area contributed by atoms with E-state index in [0.29, 0.717) is 11.5 Å². The highest BCUT2D eigenvalue weighted by Crippen LogP contribution is 2.32. The van der Waals surface area contributed by atoms with Crippen LogP contribution in [0.15, 0.2) is 24.3 Å². The van der Waals surface area contributed by atoms with Gasteiger partial charge in [0.15, 0.2) is 17.2 Å². The molecule has 2 aromatic rings. The van der Waals surface area contributed by atoms with Crippen LogP contribution >= 0.6 is 0 Å². The summed E-state index contributed by atoms with van der Waals surface area (Å²) in [5, 5.41) is 5.85. The van der Waals surface area contributed by atoms with Crippen molar-refractivity contribution in [3.05, 3.63) is 41.2 Å². The minimum absolute atomic E-state index is 0.139. The smallest absolute Gasteiger partial charge is 0.435 e. The molecular formula is C14H12F3N3O3. The zero-order valence-corrected chi connectivity index (χ0v) is 12.0. The van der Waals surface area contributed by atoms with Crippen LogP contribution < -0.4 is 14.8 Å². The van der Waals surface area contributed by atoms with E-state index in [9.17, 15) is 18.0 Å². The Balaban J connectivity index is 1.69. The van der Waals surface area contributed by atoms with Crippen LogP contribution in [-0.2, 0) is 19.8 Å². The molecule has 3 rings (SSSR count). The summed E-state index contributed by atoms with van der Waals surface area (Å²) >= 11 is 0. The SMILES string of the molecule is Cn1nc(C(F)(F)F)cc1C(=O)NCc1ccc2c(c1)OCO2. The average molecular weight is 327 g/mol. The summed E-state index contributed by atoms with van der Waals surface area (Å²) in [7, 11) is 1.28. The number of hydrogen-bond acceptors (Lipinski definition) is 4. The molecular weight excluding hydrogens is 315 g/mol. The van der Waals surface area contributed by atoms with Gasteiger partial charge in [-0.3, -0.25) is 9.48 Å². The van der Waals surface area contributed by atoms with Gasteiger partial charge < -0.3 is 14.8 Å². The number of benzene rings is 1. The number of nitrogens with zero attached hydrogens (tertiary/aromatic N) is 2. The molecule has 0 bridgehead atoms. The Hall–Kier alpha value is -2.71. The molecule has 23 heavy (non-hydrogen) atoms. The molecule has 0 saturated carbocycles. The molecule has 0 radical (unpaired) electrons. The van der Waals surface area contributed by atoms with Gasteiger partial charge in [0.2, 0.25) is 6.79 Å². The number of ether oxygens (including phenoxy) is 2. The number of rotatable bonds is 3. The number of nitrogens with one attached hydrogen (secondary N) is 1. The quantitative estimate of drug-likeness (QED) is 0.938. The van der Waals surface area contributed by atoms with Crippen molar-refractivity contribution in [3.8, 4) is 11.5 Å². The summed E-state index contributed by atoms with van der Waals surface area (Å²) in [6.45, 7) is 0.280. The Bertz CT molecular complexity index is 755. The number of amides is 1. The molecule has 0 saturated heterocycles. The molecule has 6 nitrogen and oxygen atoms in total. The molecule has 0 atom stereocenters. The molecule has 1 aromatic heterocycles. The molecule has 122 valence electrons. The van der Waals surface area contributed by atoms with Gasteiger partial charge in [-0.1, -0.05) is 6.07 Å². The predicted molar refractivity (Wildman–Crippen MR) is 71.9 cm³/mol. The Kier molecular flexibility index (Phi) is 3.63. The van der Waals surface area contributed by atoms with E-state index in [-0.39, 0.29) is 19.0 Å². The molecule has 0 spiro atoms. The van der Waals surface area contributed by atoms with Gasteiger partial charge in [-0.05, 0) is 17.7 Å². The lowest BCUT2D eigenvalue weighted by atomic mass is 10.2. The van der Waals surface area contributed by atoms with Crippen LogP contribution in [-0.4, -0.2) is 22.5 Å². The number of carbonyl (C=O) groups is 1. The lowest BCUT2D eigenvalue weighted by Gasteiger charge is -2.06. The second-order valence-corrected chi connectivity index (χ2v) is 4.91. The molecule has 0 fully saturated rings. The van der Waals surface area contributed by atoms with Gasteiger partial charge in [-0.25, -0.2) is 0 Å². The lowest BCUT2D eigenvalue weighted by Crippen LogP contribution is -2.25. The van der Waals surface area contributed by atoms with Gasteiger partial charge in [-0.2, -0.15) is 18.3 Å². The number of carbonyl (C=O) groups excluding carboxylic acids is 1. The standard InChI is InChI=1S/C14H12F3N3O3/c1-20-9(5-12(19-20)14(15,16)17)13(21)18-6-8-2-3-10-11(4-8)23-7-22-10/h2-5H,6-7H2,1H3,(H,18,21). The van der Waals surface area contributed by atoms with Crippen LogP contribution in [0.4, 0.5) is 13.2 Å². The number of halogens is 3. The minimum Gasteiger partial charge on any atom is -0.454 e. The van der Waals surface area contributed by atoms with Gasteiger partial charge in [0.05, 0.1) is 0 Å². The predicted octanol–water partition coefficient (Wildman–Crippen LogP) is 2.10. The van der Waals surface area contributed by atoms with Crippen LogP contribution in [0.5, 0.6) is 11.5 Å². The minimum atomic E-state index is -4.59. The molecule has 1 aromatic carbocycles. The molecule has 1 amide bonds. The first-order chi connectivity index (χ1) is 10.8. The first kappa shape index (κ1) is 15.2. The normalized spacial score (nSPS) is 13.2. The number of alkyl halides is 3. The van der Waals surface area contributed by atoms with Crippen LogP contribution in [0.3, 0.4) is 0 Å². The topological polar surface area (TPSA) is 65.4 Å². The average Bonchev–Trinajstić information content (AvgIpc) is 3.09. The zero-order chi connectivity index (χ0) is 16.6. The maximum atomic E-state index is 12.6. The van der Waals surface area contributed by atoms with Crippen molar-refractivity contribution < 1.29 is 27.4 Å². The molecule has 1 aliphatic heterocycles. The van der Waals surface area contributed by atoms with Crippen molar-refractivity contribution in [3.63, 3.8) is 0 Å². The van der Waals surface area contributed by atoms with Gasteiger partial charge >= 0.3 is 6.18 Å². The summed E-state index contributed by atoms with van der Waals surface area (Å²) in [5.41, 5.74) is -0.535. The summed E-state index contributed by atoms with van der Waals surface area (Å²) in [6.07, 6.45) is -4.59. The fourth-order valence-corrected chi connectivity index (χ4v) is 2.14. The second-order valence-electron chi connectivity index (χ2n) is 4.91. The summed E-state index contributed by atoms with van der Waals surface area (Å²) < 4.78 is 49.1. The van der Waals surface area contributed by atoms with Crippen LogP contribution in [0.1, 0.15) is 21.7 Å². The van der Waals surface area contributed by atoms with Crippen molar-refractivity contribution in [2.24, 2.45) is 7.05 Å². The highest BCUT2D eigenvalue weighted by molar-refractivity contribution is 5.92. The van der Waals surface area contributed by atoms with Crippen molar-refractivity contribution in [2.45, 2.75) is 12.7 Å². The van der Waals surface area contributed by atoms with E-state index < -0.39 is 17.8 Å². The maximum Gasteiger partial charge on any atom is 0.435 e. The van der Waals surface area contributed by atoms with Gasteiger partial charge in [0, 0.05) is 19.7 Å². The number of aryl methyl sites for hydroxylation is 1. The van der Waals surface area contributed by atoms with Crippen LogP contribution in [0, 0.1) is 0 Å². The van der Waals surface area contributed by atoms with E-state index in [2.05, 4.69) is 10.4 Å². The lowest BCUT2D eigenvalue weighted by molar-refractivity contribution is -0.141. The Morgan fingerprint density at radius 3 is 2.74 bits per heavy atom. The number of hydrogen-bond donors (Lipinski definition) is 1. The second kappa shape index (κ2) is 5.49. The van der Waals surface area contributed by atoms with E-state index in [1.165, 1.54) is 7.05 Å². The molecule has 1 N–H and O–H groups in total. The molecule has 2 heterocycles. The maximum absolute atomic E-state index is 12.6. The summed E-state index contributed by atoms with van der Waals surface area (Å²) in [6, 6.07) is 5.86. The number of fused-ring (bicyclic) bond motifs is 1.